The van der Waals surface area contributed by atoms with Crippen LogP contribution in [0.4, 0.5) is 0 Å². The molecular formula is C10H14O2. The minimum absolute atomic E-state index is 0.171. The molecule has 1 N–H and O–H groups in total. The predicted octanol–water partition coefficient (Wildman–Crippen LogP) is 2.23. The Hall–Kier alpha value is -1.05. The van der Waals surface area contributed by atoms with Crippen molar-refractivity contribution in [3.05, 3.63) is 24.3 Å². The first-order chi connectivity index (χ1) is 5.52. The van der Waals surface area contributed by atoms with Gasteiger partial charge in [0, 0.05) is 5.92 Å². The Balaban J connectivity index is 2.64. The molecule has 0 saturated carbocycles. The molecule has 0 amide bonds. The Morgan fingerprint density at radius 2 is 1.92 bits per heavy atom. The van der Waals surface area contributed by atoms with E-state index in [0.29, 0.717) is 0 Å². The van der Waals surface area contributed by atoms with Crippen LogP contribution in [-0.2, 0) is 4.79 Å². The molecule has 66 valence electrons. The predicted molar refractivity (Wildman–Crippen MR) is 47.8 cm³/mol. The Labute approximate surface area is 72.6 Å². The van der Waals surface area contributed by atoms with E-state index in [1.165, 1.54) is 0 Å². The third kappa shape index (κ3) is 1.97. The van der Waals surface area contributed by atoms with Crippen molar-refractivity contribution in [1.29, 1.82) is 0 Å². The van der Waals surface area contributed by atoms with Gasteiger partial charge in [-0.2, -0.15) is 0 Å². The van der Waals surface area contributed by atoms with E-state index in [2.05, 4.69) is 0 Å². The van der Waals surface area contributed by atoms with E-state index < -0.39 is 5.97 Å². The van der Waals surface area contributed by atoms with Gasteiger partial charge in [0.1, 0.15) is 0 Å². The molecule has 0 unspecified atom stereocenters. The molecule has 0 radical (unpaired) electrons. The minimum atomic E-state index is -0.728. The molecule has 0 aromatic carbocycles. The Kier molecular flexibility index (Phi) is 2.36. The maximum absolute atomic E-state index is 10.5. The lowest BCUT2D eigenvalue weighted by molar-refractivity contribution is -0.139. The normalized spacial score (nSPS) is 17.2. The van der Waals surface area contributed by atoms with Crippen molar-refractivity contribution in [2.24, 2.45) is 11.3 Å². The molecule has 0 saturated heterocycles. The number of rotatable bonds is 3. The molecule has 0 aromatic rings. The van der Waals surface area contributed by atoms with Crippen molar-refractivity contribution in [2.45, 2.75) is 20.3 Å². The van der Waals surface area contributed by atoms with Gasteiger partial charge in [-0.1, -0.05) is 38.2 Å². The maximum Gasteiger partial charge on any atom is 0.303 e. The highest BCUT2D eigenvalue weighted by molar-refractivity contribution is 5.67. The standard InChI is InChI=1S/C10H14O2/c1-10(2,7-9(11)12)8-5-3-4-6-8/h3-6,8H,7H2,1-2H3,(H,11,12). The molecule has 12 heavy (non-hydrogen) atoms. The van der Waals surface area contributed by atoms with Crippen molar-refractivity contribution in [3.63, 3.8) is 0 Å². The molecule has 0 atom stereocenters. The summed E-state index contributed by atoms with van der Waals surface area (Å²) in [7, 11) is 0. The van der Waals surface area contributed by atoms with Gasteiger partial charge in [0.25, 0.3) is 0 Å². The fourth-order valence-corrected chi connectivity index (χ4v) is 1.46. The lowest BCUT2D eigenvalue weighted by Gasteiger charge is -2.27. The summed E-state index contributed by atoms with van der Waals surface area (Å²) in [5.41, 5.74) is -0.171. The number of allylic oxidation sites excluding steroid dienone is 4. The number of aliphatic carboxylic acids is 1. The van der Waals surface area contributed by atoms with Gasteiger partial charge in [-0.25, -0.2) is 0 Å². The van der Waals surface area contributed by atoms with Crippen LogP contribution in [0.1, 0.15) is 20.3 Å². The summed E-state index contributed by atoms with van der Waals surface area (Å²) in [4.78, 5) is 10.5. The molecule has 0 spiro atoms. The summed E-state index contributed by atoms with van der Waals surface area (Å²) in [6, 6.07) is 0. The third-order valence-corrected chi connectivity index (χ3v) is 2.26. The maximum atomic E-state index is 10.5. The first kappa shape index (κ1) is 9.04. The van der Waals surface area contributed by atoms with Crippen molar-refractivity contribution in [3.8, 4) is 0 Å². The van der Waals surface area contributed by atoms with E-state index >= 15 is 0 Å². The molecule has 1 aliphatic rings. The van der Waals surface area contributed by atoms with Gasteiger partial charge in [-0.15, -0.1) is 0 Å². The van der Waals surface area contributed by atoms with Gasteiger partial charge in [0.15, 0.2) is 0 Å². The summed E-state index contributed by atoms with van der Waals surface area (Å²) >= 11 is 0. The van der Waals surface area contributed by atoms with Crippen molar-refractivity contribution >= 4 is 5.97 Å². The molecule has 0 aliphatic heterocycles. The number of carbonyl (C=O) groups is 1. The number of hydrogen-bond donors (Lipinski definition) is 1. The van der Waals surface area contributed by atoms with Crippen molar-refractivity contribution in [1.82, 2.24) is 0 Å². The third-order valence-electron chi connectivity index (χ3n) is 2.26. The minimum Gasteiger partial charge on any atom is -0.481 e. The highest BCUT2D eigenvalue weighted by Crippen LogP contribution is 2.34. The topological polar surface area (TPSA) is 37.3 Å². The SMILES string of the molecule is CC(C)(CC(=O)O)C1C=CC=C1. The molecule has 1 rings (SSSR count). The summed E-state index contributed by atoms with van der Waals surface area (Å²) in [5.74, 6) is -0.456. The van der Waals surface area contributed by atoms with Gasteiger partial charge in [-0.05, 0) is 5.41 Å². The van der Waals surface area contributed by atoms with Crippen molar-refractivity contribution < 1.29 is 9.90 Å². The van der Waals surface area contributed by atoms with Crippen LogP contribution in [0, 0.1) is 11.3 Å². The summed E-state index contributed by atoms with van der Waals surface area (Å²) in [6.45, 7) is 3.96. The second kappa shape index (κ2) is 3.13. The van der Waals surface area contributed by atoms with Crippen LogP contribution in [0.2, 0.25) is 0 Å². The molecule has 0 aromatic heterocycles. The van der Waals surface area contributed by atoms with Crippen LogP contribution < -0.4 is 0 Å². The molecule has 1 aliphatic carbocycles. The molecular weight excluding hydrogens is 152 g/mol. The Bertz CT molecular complexity index is 224. The highest BCUT2D eigenvalue weighted by atomic mass is 16.4. The summed E-state index contributed by atoms with van der Waals surface area (Å²) < 4.78 is 0. The van der Waals surface area contributed by atoms with Crippen molar-refractivity contribution in [2.75, 3.05) is 0 Å². The van der Waals surface area contributed by atoms with Crippen LogP contribution in [0.15, 0.2) is 24.3 Å². The van der Waals surface area contributed by atoms with E-state index in [9.17, 15) is 4.79 Å². The average Bonchev–Trinajstić information content (AvgIpc) is 2.32. The fourth-order valence-electron chi connectivity index (χ4n) is 1.46. The van der Waals surface area contributed by atoms with Crippen LogP contribution in [0.5, 0.6) is 0 Å². The van der Waals surface area contributed by atoms with Gasteiger partial charge in [-0.3, -0.25) is 4.79 Å². The second-order valence-corrected chi connectivity index (χ2v) is 3.85. The van der Waals surface area contributed by atoms with Crippen LogP contribution in [0.25, 0.3) is 0 Å². The van der Waals surface area contributed by atoms with E-state index in [1.54, 1.807) is 0 Å². The zero-order valence-electron chi connectivity index (χ0n) is 7.45. The van der Waals surface area contributed by atoms with Gasteiger partial charge in [0.2, 0.25) is 0 Å². The van der Waals surface area contributed by atoms with Crippen LogP contribution >= 0.6 is 0 Å². The lowest BCUT2D eigenvalue weighted by Crippen LogP contribution is -2.23. The monoisotopic (exact) mass is 166 g/mol. The summed E-state index contributed by atoms with van der Waals surface area (Å²) in [6.07, 6.45) is 8.24. The van der Waals surface area contributed by atoms with Crippen LogP contribution in [0.3, 0.4) is 0 Å². The second-order valence-electron chi connectivity index (χ2n) is 3.85. The van der Waals surface area contributed by atoms with E-state index in [0.717, 1.165) is 0 Å². The first-order valence-electron chi connectivity index (χ1n) is 4.09. The van der Waals surface area contributed by atoms with Gasteiger partial charge < -0.3 is 5.11 Å². The quantitative estimate of drug-likeness (QED) is 0.698. The molecule has 0 fully saturated rings. The molecule has 2 nitrogen and oxygen atoms in total. The molecule has 0 heterocycles. The zero-order chi connectivity index (χ0) is 9.19. The van der Waals surface area contributed by atoms with Gasteiger partial charge >= 0.3 is 5.97 Å². The summed E-state index contributed by atoms with van der Waals surface area (Å²) in [5, 5.41) is 8.66. The Morgan fingerprint density at radius 1 is 1.42 bits per heavy atom. The number of carboxylic acids is 1. The van der Waals surface area contributed by atoms with E-state index in [4.69, 9.17) is 5.11 Å². The van der Waals surface area contributed by atoms with E-state index in [1.807, 2.05) is 38.2 Å². The van der Waals surface area contributed by atoms with Crippen LogP contribution in [-0.4, -0.2) is 11.1 Å². The smallest absolute Gasteiger partial charge is 0.303 e. The molecule has 2 heteroatoms. The van der Waals surface area contributed by atoms with E-state index in [-0.39, 0.29) is 17.8 Å². The number of hydrogen-bond acceptors (Lipinski definition) is 1. The first-order valence-corrected chi connectivity index (χ1v) is 4.09. The largest absolute Gasteiger partial charge is 0.481 e. The highest BCUT2D eigenvalue weighted by Gasteiger charge is 2.29. The Morgan fingerprint density at radius 3 is 2.33 bits per heavy atom. The zero-order valence-corrected chi connectivity index (χ0v) is 7.45. The fraction of sp³-hybridized carbons (Fsp3) is 0.500. The molecule has 0 bridgehead atoms. The number of carboxylic acid groups (broad SMARTS) is 1. The van der Waals surface area contributed by atoms with Gasteiger partial charge in [0.05, 0.1) is 6.42 Å². The average molecular weight is 166 g/mol. The lowest BCUT2D eigenvalue weighted by atomic mass is 9.77.